The summed E-state index contributed by atoms with van der Waals surface area (Å²) >= 11 is 0. The predicted octanol–water partition coefficient (Wildman–Crippen LogP) is 3.30. The van der Waals surface area contributed by atoms with Crippen molar-refractivity contribution in [1.29, 1.82) is 5.41 Å². The first-order valence-corrected chi connectivity index (χ1v) is 9.76. The van der Waals surface area contributed by atoms with Crippen LogP contribution in [0.15, 0.2) is 36.4 Å². The highest BCUT2D eigenvalue weighted by atomic mass is 19.4. The van der Waals surface area contributed by atoms with Crippen molar-refractivity contribution < 1.29 is 22.4 Å². The van der Waals surface area contributed by atoms with Crippen molar-refractivity contribution in [3.05, 3.63) is 58.9 Å². The smallest absolute Gasteiger partial charge is 0.370 e. The number of benzene rings is 2. The van der Waals surface area contributed by atoms with Crippen LogP contribution in [0.25, 0.3) is 0 Å². The van der Waals surface area contributed by atoms with E-state index in [-0.39, 0.29) is 23.5 Å². The maximum absolute atomic E-state index is 14.2. The molecule has 0 radical (unpaired) electrons. The molecule has 10 heteroatoms. The Morgan fingerprint density at radius 2 is 1.87 bits per heavy atom. The molecule has 2 aromatic carbocycles. The number of fused-ring (bicyclic) bond motifs is 1. The molecular weight excluding hydrogens is 414 g/mol. The third kappa shape index (κ3) is 4.14. The number of nitrogens with zero attached hydrogens (tertiary/aromatic N) is 2. The minimum absolute atomic E-state index is 0.00953. The van der Waals surface area contributed by atoms with E-state index in [1.165, 1.54) is 0 Å². The van der Waals surface area contributed by atoms with Crippen LogP contribution in [0.1, 0.15) is 16.7 Å². The number of hydrogen-bond donors (Lipinski definition) is 3. The molecule has 0 aromatic heterocycles. The molecule has 0 aliphatic carbocycles. The van der Waals surface area contributed by atoms with Gasteiger partial charge in [0.25, 0.3) is 0 Å². The highest BCUT2D eigenvalue weighted by Crippen LogP contribution is 2.34. The quantitative estimate of drug-likeness (QED) is 0.392. The number of carbonyl (C=O) groups is 1. The number of halogens is 4. The number of amides is 1. The summed E-state index contributed by atoms with van der Waals surface area (Å²) in [6, 6.07) is 7.77. The normalized spacial score (nSPS) is 16.5. The Labute approximate surface area is 176 Å². The second kappa shape index (κ2) is 7.75. The molecule has 1 saturated heterocycles. The molecule has 31 heavy (non-hydrogen) atoms. The van der Waals surface area contributed by atoms with Crippen LogP contribution in [0.2, 0.25) is 0 Å². The molecule has 2 aliphatic rings. The largest absolute Gasteiger partial charge is 0.416 e. The van der Waals surface area contributed by atoms with Crippen molar-refractivity contribution in [2.24, 2.45) is 11.7 Å². The fraction of sp³-hybridized carbons (Fsp3) is 0.333. The lowest BCUT2D eigenvalue weighted by molar-refractivity contribution is -0.140. The molecule has 2 heterocycles. The highest BCUT2D eigenvalue weighted by Gasteiger charge is 2.37. The van der Waals surface area contributed by atoms with Gasteiger partial charge in [-0.05, 0) is 41.8 Å². The first-order chi connectivity index (χ1) is 14.6. The van der Waals surface area contributed by atoms with E-state index < -0.39 is 17.6 Å². The first kappa shape index (κ1) is 21.0. The average Bonchev–Trinajstić information content (AvgIpc) is 2.67. The van der Waals surface area contributed by atoms with Crippen LogP contribution in [-0.2, 0) is 23.9 Å². The van der Waals surface area contributed by atoms with Crippen molar-refractivity contribution >= 4 is 23.2 Å². The van der Waals surface area contributed by atoms with Crippen molar-refractivity contribution in [1.82, 2.24) is 9.80 Å². The maximum Gasteiger partial charge on any atom is 0.416 e. The lowest BCUT2D eigenvalue weighted by Crippen LogP contribution is -2.58. The van der Waals surface area contributed by atoms with Crippen LogP contribution >= 0.6 is 0 Å². The minimum atomic E-state index is -4.61. The molecule has 1 amide bonds. The summed E-state index contributed by atoms with van der Waals surface area (Å²) in [6.07, 6.45) is -4.07. The van der Waals surface area contributed by atoms with Gasteiger partial charge in [0.15, 0.2) is 5.96 Å². The lowest BCUT2D eigenvalue weighted by Gasteiger charge is -2.42. The molecule has 6 nitrogen and oxygen atoms in total. The zero-order valence-corrected chi connectivity index (χ0v) is 16.5. The summed E-state index contributed by atoms with van der Waals surface area (Å²) in [5.41, 5.74) is 6.75. The zero-order chi connectivity index (χ0) is 22.3. The molecule has 4 N–H and O–H groups in total. The topological polar surface area (TPSA) is 85.5 Å². The standard InChI is InChI=1S/C21H21F4N5O/c22-16-8-14(21(23,24)25)4-5-18(16)28-17-3-1-2-12-9-29(7-6-15(12)17)19(31)13-10-30(11-13)20(26)27/h1-5,8,13,28H,6-7,9-11H2,(H3,26,27). The van der Waals surface area contributed by atoms with Crippen molar-refractivity contribution in [2.45, 2.75) is 19.1 Å². The van der Waals surface area contributed by atoms with Gasteiger partial charge in [-0.2, -0.15) is 13.2 Å². The monoisotopic (exact) mass is 435 g/mol. The van der Waals surface area contributed by atoms with Crippen LogP contribution in [0.3, 0.4) is 0 Å². The molecule has 0 unspecified atom stereocenters. The molecule has 2 aromatic rings. The highest BCUT2D eigenvalue weighted by molar-refractivity contribution is 5.84. The summed E-state index contributed by atoms with van der Waals surface area (Å²) in [7, 11) is 0. The van der Waals surface area contributed by atoms with Crippen LogP contribution in [0, 0.1) is 17.1 Å². The second-order valence-electron chi connectivity index (χ2n) is 7.76. The third-order valence-corrected chi connectivity index (χ3v) is 5.71. The molecule has 0 atom stereocenters. The number of nitrogens with two attached hydrogens (primary N) is 1. The first-order valence-electron chi connectivity index (χ1n) is 9.76. The van der Waals surface area contributed by atoms with Crippen LogP contribution in [-0.4, -0.2) is 41.3 Å². The van der Waals surface area contributed by atoms with Gasteiger partial charge in [-0.1, -0.05) is 12.1 Å². The molecule has 1 fully saturated rings. The number of rotatable bonds is 3. The average molecular weight is 435 g/mol. The summed E-state index contributed by atoms with van der Waals surface area (Å²) in [6.45, 7) is 1.75. The van der Waals surface area contributed by atoms with E-state index in [1.54, 1.807) is 21.9 Å². The van der Waals surface area contributed by atoms with E-state index in [2.05, 4.69) is 5.32 Å². The van der Waals surface area contributed by atoms with Gasteiger partial charge in [0.2, 0.25) is 5.91 Å². The fourth-order valence-corrected chi connectivity index (χ4v) is 3.94. The molecule has 0 spiro atoms. The van der Waals surface area contributed by atoms with Gasteiger partial charge in [0.05, 0.1) is 17.2 Å². The Hall–Kier alpha value is -3.30. The fourth-order valence-electron chi connectivity index (χ4n) is 3.94. The van der Waals surface area contributed by atoms with Gasteiger partial charge in [-0.15, -0.1) is 0 Å². The summed E-state index contributed by atoms with van der Waals surface area (Å²) in [5.74, 6) is -1.21. The number of anilines is 2. The maximum atomic E-state index is 14.2. The summed E-state index contributed by atoms with van der Waals surface area (Å²) in [4.78, 5) is 16.1. The van der Waals surface area contributed by atoms with Crippen LogP contribution in [0.5, 0.6) is 0 Å². The molecule has 0 saturated carbocycles. The Morgan fingerprint density at radius 1 is 1.13 bits per heavy atom. The SMILES string of the molecule is N=C(N)N1CC(C(=O)N2CCc3c(cccc3Nc3ccc(C(F)(F)F)cc3F)C2)C1. The molecule has 2 aliphatic heterocycles. The molecule has 4 rings (SSSR count). The lowest BCUT2D eigenvalue weighted by atomic mass is 9.94. The number of alkyl halides is 3. The van der Waals surface area contributed by atoms with E-state index in [0.717, 1.165) is 23.3 Å². The third-order valence-electron chi connectivity index (χ3n) is 5.71. The molecule has 164 valence electrons. The van der Waals surface area contributed by atoms with E-state index in [1.807, 2.05) is 6.07 Å². The van der Waals surface area contributed by atoms with Gasteiger partial charge in [0, 0.05) is 31.9 Å². The Morgan fingerprint density at radius 3 is 2.52 bits per heavy atom. The number of nitrogens with one attached hydrogen (secondary N) is 2. The Balaban J connectivity index is 1.48. The van der Waals surface area contributed by atoms with Crippen molar-refractivity contribution in [3.63, 3.8) is 0 Å². The van der Waals surface area contributed by atoms with Gasteiger partial charge < -0.3 is 20.9 Å². The second-order valence-corrected chi connectivity index (χ2v) is 7.76. The van der Waals surface area contributed by atoms with E-state index in [9.17, 15) is 22.4 Å². The van der Waals surface area contributed by atoms with Crippen LogP contribution < -0.4 is 11.1 Å². The Kier molecular flexibility index (Phi) is 5.24. The van der Waals surface area contributed by atoms with Gasteiger partial charge in [-0.3, -0.25) is 10.2 Å². The number of likely N-dealkylation sites (tertiary alicyclic amines) is 1. The van der Waals surface area contributed by atoms with Gasteiger partial charge in [-0.25, -0.2) is 4.39 Å². The molecule has 0 bridgehead atoms. The number of carbonyl (C=O) groups excluding carboxylic acids is 1. The Bertz CT molecular complexity index is 1030. The predicted molar refractivity (Wildman–Crippen MR) is 107 cm³/mol. The molecular formula is C21H21F4N5O. The van der Waals surface area contributed by atoms with Crippen LogP contribution in [0.4, 0.5) is 28.9 Å². The number of hydrogen-bond acceptors (Lipinski definition) is 3. The van der Waals surface area contributed by atoms with E-state index >= 15 is 0 Å². The van der Waals surface area contributed by atoms with E-state index in [4.69, 9.17) is 11.1 Å². The van der Waals surface area contributed by atoms with Gasteiger partial charge in [0.1, 0.15) is 5.82 Å². The summed E-state index contributed by atoms with van der Waals surface area (Å²) in [5, 5.41) is 10.3. The van der Waals surface area contributed by atoms with Gasteiger partial charge >= 0.3 is 6.18 Å². The zero-order valence-electron chi connectivity index (χ0n) is 16.5. The number of guanidine groups is 1. The minimum Gasteiger partial charge on any atom is -0.370 e. The summed E-state index contributed by atoms with van der Waals surface area (Å²) < 4.78 is 52.5. The van der Waals surface area contributed by atoms with Crippen molar-refractivity contribution in [3.8, 4) is 0 Å². The van der Waals surface area contributed by atoms with Crippen molar-refractivity contribution in [2.75, 3.05) is 25.0 Å². The van der Waals surface area contributed by atoms with E-state index in [0.29, 0.717) is 44.4 Å².